The quantitative estimate of drug-likeness (QED) is 0.682. The summed E-state index contributed by atoms with van der Waals surface area (Å²) in [7, 11) is 3.21. The zero-order valence-electron chi connectivity index (χ0n) is 16.8. The summed E-state index contributed by atoms with van der Waals surface area (Å²) in [5.41, 5.74) is 2.01. The largest absolute Gasteiger partial charge is 0.493 e. The topological polar surface area (TPSA) is 67.9 Å². The van der Waals surface area contributed by atoms with E-state index in [9.17, 15) is 9.59 Å². The Morgan fingerprint density at radius 3 is 2.72 bits per heavy atom. The van der Waals surface area contributed by atoms with Gasteiger partial charge in [-0.2, -0.15) is 0 Å². The van der Waals surface area contributed by atoms with Crippen LogP contribution in [-0.4, -0.2) is 44.9 Å². The molecule has 1 N–H and O–H groups in total. The Hall–Kier alpha value is -2.67. The molecule has 0 atom stereocenters. The van der Waals surface area contributed by atoms with Gasteiger partial charge < -0.3 is 19.7 Å². The van der Waals surface area contributed by atoms with Gasteiger partial charge in [0.25, 0.3) is 0 Å². The molecule has 0 aromatic heterocycles. The molecule has 0 spiro atoms. The number of nitrogens with zero attached hydrogens (tertiary/aromatic N) is 1. The van der Waals surface area contributed by atoms with Gasteiger partial charge in [-0.1, -0.05) is 18.2 Å². The third-order valence-corrected chi connectivity index (χ3v) is 5.83. The van der Waals surface area contributed by atoms with E-state index in [0.29, 0.717) is 49.6 Å². The summed E-state index contributed by atoms with van der Waals surface area (Å²) in [6.45, 7) is 1.11. The van der Waals surface area contributed by atoms with Crippen molar-refractivity contribution in [1.82, 2.24) is 5.32 Å². The van der Waals surface area contributed by atoms with Crippen LogP contribution in [0.1, 0.15) is 18.4 Å². The summed E-state index contributed by atoms with van der Waals surface area (Å²) >= 11 is 1.57. The average molecular weight is 415 g/mol. The van der Waals surface area contributed by atoms with Crippen molar-refractivity contribution in [2.45, 2.75) is 24.2 Å². The van der Waals surface area contributed by atoms with Crippen molar-refractivity contribution in [3.63, 3.8) is 0 Å². The van der Waals surface area contributed by atoms with Gasteiger partial charge in [0.05, 0.1) is 25.7 Å². The predicted molar refractivity (Wildman–Crippen MR) is 115 cm³/mol. The van der Waals surface area contributed by atoms with E-state index in [0.717, 1.165) is 16.1 Å². The molecule has 2 aromatic rings. The molecule has 0 saturated carbocycles. The van der Waals surface area contributed by atoms with E-state index < -0.39 is 0 Å². The number of methoxy groups -OCH3 is 2. The Bertz CT molecular complexity index is 872. The first kappa shape index (κ1) is 21.0. The van der Waals surface area contributed by atoms with E-state index in [1.165, 1.54) is 0 Å². The minimum absolute atomic E-state index is 0.00223. The van der Waals surface area contributed by atoms with E-state index in [1.807, 2.05) is 42.5 Å². The number of para-hydroxylation sites is 1. The van der Waals surface area contributed by atoms with Gasteiger partial charge in [0.1, 0.15) is 0 Å². The van der Waals surface area contributed by atoms with Crippen molar-refractivity contribution in [2.75, 3.05) is 38.0 Å². The number of hydrogen-bond donors (Lipinski definition) is 1. The van der Waals surface area contributed by atoms with Crippen molar-refractivity contribution < 1.29 is 19.1 Å². The molecule has 1 aliphatic rings. The van der Waals surface area contributed by atoms with E-state index in [-0.39, 0.29) is 11.8 Å². The van der Waals surface area contributed by atoms with Gasteiger partial charge in [-0.3, -0.25) is 9.59 Å². The number of nitrogens with one attached hydrogen (secondary N) is 1. The summed E-state index contributed by atoms with van der Waals surface area (Å²) in [5, 5.41) is 2.95. The Morgan fingerprint density at radius 2 is 1.93 bits per heavy atom. The number of fused-ring (bicyclic) bond motifs is 1. The first-order valence-corrected chi connectivity index (χ1v) is 10.6. The fourth-order valence-electron chi connectivity index (χ4n) is 3.27. The standard InChI is InChI=1S/C22H26N2O4S/c1-27-18-10-9-16(14-19(18)28-2)11-12-23-21(25)8-5-13-24-17-6-3-4-7-20(17)29-15-22(24)26/h3-4,6-7,9-10,14H,5,8,11-13,15H2,1-2H3,(H,23,25). The van der Waals surface area contributed by atoms with Crippen LogP contribution in [0.15, 0.2) is 47.4 Å². The molecule has 0 aliphatic carbocycles. The second kappa shape index (κ2) is 10.2. The highest BCUT2D eigenvalue weighted by Crippen LogP contribution is 2.35. The molecule has 0 bridgehead atoms. The van der Waals surface area contributed by atoms with Crippen LogP contribution >= 0.6 is 11.8 Å². The number of thioether (sulfide) groups is 1. The molecule has 0 unspecified atom stereocenters. The third-order valence-electron chi connectivity index (χ3n) is 4.78. The minimum Gasteiger partial charge on any atom is -0.493 e. The van der Waals surface area contributed by atoms with E-state index in [4.69, 9.17) is 9.47 Å². The number of carbonyl (C=O) groups excluding carboxylic acids is 2. The Labute approximate surface area is 175 Å². The number of ether oxygens (including phenoxy) is 2. The molecule has 6 nitrogen and oxygen atoms in total. The maximum absolute atomic E-state index is 12.2. The molecule has 0 saturated heterocycles. The zero-order valence-corrected chi connectivity index (χ0v) is 17.6. The normalized spacial score (nSPS) is 13.0. The predicted octanol–water partition coefficient (Wildman–Crippen LogP) is 3.28. The monoisotopic (exact) mass is 414 g/mol. The molecular weight excluding hydrogens is 388 g/mol. The maximum Gasteiger partial charge on any atom is 0.237 e. The molecule has 2 aromatic carbocycles. The molecule has 7 heteroatoms. The van der Waals surface area contributed by atoms with Crippen molar-refractivity contribution >= 4 is 29.3 Å². The van der Waals surface area contributed by atoms with Gasteiger partial charge in [0.2, 0.25) is 11.8 Å². The summed E-state index contributed by atoms with van der Waals surface area (Å²) < 4.78 is 10.5. The Kier molecular flexibility index (Phi) is 7.41. The van der Waals surface area contributed by atoms with Crippen LogP contribution in [-0.2, 0) is 16.0 Å². The number of carbonyl (C=O) groups is 2. The van der Waals surface area contributed by atoms with Crippen LogP contribution in [0.5, 0.6) is 11.5 Å². The molecule has 2 amide bonds. The van der Waals surface area contributed by atoms with Crippen LogP contribution in [0.3, 0.4) is 0 Å². The number of rotatable bonds is 9. The van der Waals surface area contributed by atoms with Gasteiger partial charge in [-0.25, -0.2) is 0 Å². The molecule has 29 heavy (non-hydrogen) atoms. The molecule has 154 valence electrons. The van der Waals surface area contributed by atoms with Gasteiger partial charge in [0, 0.05) is 24.4 Å². The Morgan fingerprint density at radius 1 is 1.14 bits per heavy atom. The SMILES string of the molecule is COc1ccc(CCNC(=O)CCCN2C(=O)CSc3ccccc32)cc1OC. The number of benzene rings is 2. The molecule has 3 rings (SSSR count). The maximum atomic E-state index is 12.2. The minimum atomic E-state index is -0.00223. The number of anilines is 1. The fraction of sp³-hybridized carbons (Fsp3) is 0.364. The zero-order chi connectivity index (χ0) is 20.6. The third kappa shape index (κ3) is 5.44. The molecule has 0 fully saturated rings. The van der Waals surface area contributed by atoms with Crippen molar-refractivity contribution in [1.29, 1.82) is 0 Å². The van der Waals surface area contributed by atoms with E-state index in [1.54, 1.807) is 30.9 Å². The van der Waals surface area contributed by atoms with Crippen LogP contribution in [0.4, 0.5) is 5.69 Å². The lowest BCUT2D eigenvalue weighted by Gasteiger charge is -2.28. The number of hydrogen-bond acceptors (Lipinski definition) is 5. The highest BCUT2D eigenvalue weighted by molar-refractivity contribution is 8.00. The van der Waals surface area contributed by atoms with Crippen LogP contribution in [0.2, 0.25) is 0 Å². The van der Waals surface area contributed by atoms with Gasteiger partial charge in [-0.05, 0) is 42.7 Å². The van der Waals surface area contributed by atoms with Crippen molar-refractivity contribution in [3.05, 3.63) is 48.0 Å². The van der Waals surface area contributed by atoms with Gasteiger partial charge in [-0.15, -0.1) is 11.8 Å². The lowest BCUT2D eigenvalue weighted by molar-refractivity contribution is -0.121. The lowest BCUT2D eigenvalue weighted by atomic mass is 10.1. The molecule has 0 radical (unpaired) electrons. The van der Waals surface area contributed by atoms with Crippen LogP contribution in [0, 0.1) is 0 Å². The van der Waals surface area contributed by atoms with Crippen LogP contribution in [0.25, 0.3) is 0 Å². The lowest BCUT2D eigenvalue weighted by Crippen LogP contribution is -2.36. The highest BCUT2D eigenvalue weighted by atomic mass is 32.2. The smallest absolute Gasteiger partial charge is 0.237 e. The summed E-state index contributed by atoms with van der Waals surface area (Å²) in [5.74, 6) is 1.92. The first-order valence-electron chi connectivity index (χ1n) is 9.62. The molecule has 1 heterocycles. The summed E-state index contributed by atoms with van der Waals surface area (Å²) in [6.07, 6.45) is 1.74. The van der Waals surface area contributed by atoms with Crippen molar-refractivity contribution in [2.24, 2.45) is 0 Å². The van der Waals surface area contributed by atoms with Gasteiger partial charge in [0.15, 0.2) is 11.5 Å². The fourth-order valence-corrected chi connectivity index (χ4v) is 4.20. The van der Waals surface area contributed by atoms with E-state index >= 15 is 0 Å². The first-order chi connectivity index (χ1) is 14.1. The Balaban J connectivity index is 1.42. The highest BCUT2D eigenvalue weighted by Gasteiger charge is 2.23. The molecular formula is C22H26N2O4S. The van der Waals surface area contributed by atoms with Crippen molar-refractivity contribution in [3.8, 4) is 11.5 Å². The molecule has 1 aliphatic heterocycles. The van der Waals surface area contributed by atoms with E-state index in [2.05, 4.69) is 5.32 Å². The van der Waals surface area contributed by atoms with Gasteiger partial charge >= 0.3 is 0 Å². The second-order valence-corrected chi connectivity index (χ2v) is 7.71. The summed E-state index contributed by atoms with van der Waals surface area (Å²) in [4.78, 5) is 27.3. The summed E-state index contributed by atoms with van der Waals surface area (Å²) in [6, 6.07) is 13.6. The average Bonchev–Trinajstić information content (AvgIpc) is 2.75. The second-order valence-electron chi connectivity index (χ2n) is 6.69. The number of amides is 2. The van der Waals surface area contributed by atoms with Crippen LogP contribution < -0.4 is 19.7 Å².